The van der Waals surface area contributed by atoms with Crippen molar-refractivity contribution in [3.8, 4) is 5.75 Å². The molecule has 2 nitrogen and oxygen atoms in total. The number of hydrogen-bond acceptors (Lipinski definition) is 2. The Morgan fingerprint density at radius 1 is 1.25 bits per heavy atom. The smallest absolute Gasteiger partial charge is 0.122 e. The van der Waals surface area contributed by atoms with Crippen molar-refractivity contribution >= 4 is 0 Å². The van der Waals surface area contributed by atoms with E-state index in [1.165, 1.54) is 11.1 Å². The van der Waals surface area contributed by atoms with Crippen LogP contribution in [-0.4, -0.2) is 13.7 Å². The highest BCUT2D eigenvalue weighted by atomic mass is 16.5. The molecule has 0 amide bonds. The van der Waals surface area contributed by atoms with Gasteiger partial charge in [0.1, 0.15) is 5.75 Å². The highest BCUT2D eigenvalue weighted by Crippen LogP contribution is 2.19. The lowest BCUT2D eigenvalue weighted by Crippen LogP contribution is -2.26. The van der Waals surface area contributed by atoms with Gasteiger partial charge in [0.2, 0.25) is 0 Å². The standard InChI is InChI=1S/C14H23NO/c1-11-6-7-12(8-13(11)16-5)9-15-10-14(2,3)4/h6-8,15H,9-10H2,1-5H3. The van der Waals surface area contributed by atoms with E-state index in [1.807, 2.05) is 0 Å². The molecule has 0 fully saturated rings. The van der Waals surface area contributed by atoms with E-state index in [2.05, 4.69) is 51.2 Å². The molecule has 0 aliphatic carbocycles. The van der Waals surface area contributed by atoms with Gasteiger partial charge in [0.05, 0.1) is 7.11 Å². The predicted molar refractivity (Wildman–Crippen MR) is 68.9 cm³/mol. The quantitative estimate of drug-likeness (QED) is 0.843. The Morgan fingerprint density at radius 2 is 1.94 bits per heavy atom. The van der Waals surface area contributed by atoms with Gasteiger partial charge >= 0.3 is 0 Å². The molecule has 0 aromatic heterocycles. The maximum absolute atomic E-state index is 5.31. The van der Waals surface area contributed by atoms with Gasteiger partial charge in [-0.1, -0.05) is 32.9 Å². The summed E-state index contributed by atoms with van der Waals surface area (Å²) >= 11 is 0. The average Bonchev–Trinajstić information content (AvgIpc) is 2.18. The molecule has 2 heteroatoms. The SMILES string of the molecule is COc1cc(CNCC(C)(C)C)ccc1C. The van der Waals surface area contributed by atoms with Crippen LogP contribution in [0.3, 0.4) is 0 Å². The molecule has 0 saturated carbocycles. The van der Waals surface area contributed by atoms with Crippen molar-refractivity contribution in [3.05, 3.63) is 29.3 Å². The van der Waals surface area contributed by atoms with E-state index < -0.39 is 0 Å². The average molecular weight is 221 g/mol. The Bertz CT molecular complexity index is 339. The Hall–Kier alpha value is -1.02. The van der Waals surface area contributed by atoms with Crippen LogP contribution in [0.15, 0.2) is 18.2 Å². The van der Waals surface area contributed by atoms with Gasteiger partial charge in [-0.3, -0.25) is 0 Å². The molecule has 0 atom stereocenters. The van der Waals surface area contributed by atoms with E-state index in [4.69, 9.17) is 4.74 Å². The highest BCUT2D eigenvalue weighted by molar-refractivity contribution is 5.36. The summed E-state index contributed by atoms with van der Waals surface area (Å²) in [5.74, 6) is 0.968. The predicted octanol–water partition coefficient (Wildman–Crippen LogP) is 3.14. The molecule has 1 aromatic rings. The molecule has 1 rings (SSSR count). The minimum atomic E-state index is 0.328. The summed E-state index contributed by atoms with van der Waals surface area (Å²) in [7, 11) is 1.72. The van der Waals surface area contributed by atoms with Gasteiger partial charge in [0, 0.05) is 13.1 Å². The van der Waals surface area contributed by atoms with Crippen LogP contribution < -0.4 is 10.1 Å². The topological polar surface area (TPSA) is 21.3 Å². The van der Waals surface area contributed by atoms with Gasteiger partial charge in [0.25, 0.3) is 0 Å². The van der Waals surface area contributed by atoms with Crippen molar-refractivity contribution in [3.63, 3.8) is 0 Å². The minimum absolute atomic E-state index is 0.328. The van der Waals surface area contributed by atoms with E-state index in [1.54, 1.807) is 7.11 Å². The first-order valence-corrected chi connectivity index (χ1v) is 5.76. The zero-order valence-electron chi connectivity index (χ0n) is 11.1. The summed E-state index contributed by atoms with van der Waals surface area (Å²) in [6, 6.07) is 6.35. The van der Waals surface area contributed by atoms with Gasteiger partial charge in [-0.2, -0.15) is 0 Å². The van der Waals surface area contributed by atoms with E-state index in [-0.39, 0.29) is 0 Å². The third-order valence-electron chi connectivity index (χ3n) is 2.46. The second kappa shape index (κ2) is 5.35. The molecule has 16 heavy (non-hydrogen) atoms. The van der Waals surface area contributed by atoms with Gasteiger partial charge in [-0.15, -0.1) is 0 Å². The van der Waals surface area contributed by atoms with E-state index in [0.29, 0.717) is 5.41 Å². The van der Waals surface area contributed by atoms with Crippen LogP contribution in [0.2, 0.25) is 0 Å². The third kappa shape index (κ3) is 4.23. The third-order valence-corrected chi connectivity index (χ3v) is 2.46. The second-order valence-corrected chi connectivity index (χ2v) is 5.47. The number of ether oxygens (including phenoxy) is 1. The molecule has 90 valence electrons. The molecule has 0 saturated heterocycles. The van der Waals surface area contributed by atoms with Crippen LogP contribution in [0.5, 0.6) is 5.75 Å². The fourth-order valence-electron chi connectivity index (χ4n) is 1.56. The number of benzene rings is 1. The van der Waals surface area contributed by atoms with E-state index >= 15 is 0 Å². The molecule has 0 aliphatic heterocycles. The zero-order valence-corrected chi connectivity index (χ0v) is 11.1. The summed E-state index contributed by atoms with van der Waals surface area (Å²) in [5, 5.41) is 3.46. The van der Waals surface area contributed by atoms with Crippen molar-refractivity contribution in [2.45, 2.75) is 34.2 Å². The van der Waals surface area contributed by atoms with Crippen LogP contribution in [0, 0.1) is 12.3 Å². The van der Waals surface area contributed by atoms with Crippen molar-refractivity contribution < 1.29 is 4.74 Å². The number of nitrogens with one attached hydrogen (secondary N) is 1. The Labute approximate surface area is 99.0 Å². The molecular formula is C14H23NO. The molecular weight excluding hydrogens is 198 g/mol. The molecule has 0 spiro atoms. The Balaban J connectivity index is 2.55. The molecule has 0 radical (unpaired) electrons. The molecule has 1 N–H and O–H groups in total. The molecule has 0 heterocycles. The first-order valence-electron chi connectivity index (χ1n) is 5.76. The summed E-state index contributed by atoms with van der Waals surface area (Å²) in [6.45, 7) is 10.7. The second-order valence-electron chi connectivity index (χ2n) is 5.47. The summed E-state index contributed by atoms with van der Waals surface area (Å²) in [6.07, 6.45) is 0. The fourth-order valence-corrected chi connectivity index (χ4v) is 1.56. The highest BCUT2D eigenvalue weighted by Gasteiger charge is 2.09. The maximum Gasteiger partial charge on any atom is 0.122 e. The van der Waals surface area contributed by atoms with Gasteiger partial charge in [-0.05, 0) is 29.5 Å². The summed E-state index contributed by atoms with van der Waals surface area (Å²) < 4.78 is 5.31. The molecule has 0 unspecified atom stereocenters. The van der Waals surface area contributed by atoms with Crippen LogP contribution in [-0.2, 0) is 6.54 Å². The van der Waals surface area contributed by atoms with Crippen molar-refractivity contribution in [2.24, 2.45) is 5.41 Å². The fraction of sp³-hybridized carbons (Fsp3) is 0.571. The first kappa shape index (κ1) is 13.0. The van der Waals surface area contributed by atoms with Gasteiger partial charge in [-0.25, -0.2) is 0 Å². The van der Waals surface area contributed by atoms with Crippen LogP contribution >= 0.6 is 0 Å². The van der Waals surface area contributed by atoms with Crippen molar-refractivity contribution in [2.75, 3.05) is 13.7 Å². The molecule has 1 aromatic carbocycles. The molecule has 0 bridgehead atoms. The zero-order chi connectivity index (χ0) is 12.2. The van der Waals surface area contributed by atoms with Gasteiger partial charge in [0.15, 0.2) is 0 Å². The maximum atomic E-state index is 5.31. The number of aryl methyl sites for hydroxylation is 1. The van der Waals surface area contributed by atoms with Crippen molar-refractivity contribution in [1.29, 1.82) is 0 Å². The summed E-state index contributed by atoms with van der Waals surface area (Å²) in [5.41, 5.74) is 2.78. The lowest BCUT2D eigenvalue weighted by atomic mass is 9.97. The lowest BCUT2D eigenvalue weighted by molar-refractivity contribution is 0.378. The van der Waals surface area contributed by atoms with Gasteiger partial charge < -0.3 is 10.1 Å². The largest absolute Gasteiger partial charge is 0.496 e. The Kier molecular flexibility index (Phi) is 4.36. The Morgan fingerprint density at radius 3 is 2.50 bits per heavy atom. The molecule has 0 aliphatic rings. The number of methoxy groups -OCH3 is 1. The van der Waals surface area contributed by atoms with E-state index in [9.17, 15) is 0 Å². The van der Waals surface area contributed by atoms with E-state index in [0.717, 1.165) is 18.8 Å². The van der Waals surface area contributed by atoms with Crippen LogP contribution in [0.25, 0.3) is 0 Å². The van der Waals surface area contributed by atoms with Crippen molar-refractivity contribution in [1.82, 2.24) is 5.32 Å². The number of rotatable bonds is 4. The van der Waals surface area contributed by atoms with Crippen LogP contribution in [0.1, 0.15) is 31.9 Å². The normalized spacial score (nSPS) is 11.6. The number of hydrogen-bond donors (Lipinski definition) is 1. The first-order chi connectivity index (χ1) is 7.42. The monoisotopic (exact) mass is 221 g/mol. The van der Waals surface area contributed by atoms with Crippen LogP contribution in [0.4, 0.5) is 0 Å². The summed E-state index contributed by atoms with van der Waals surface area (Å²) in [4.78, 5) is 0. The minimum Gasteiger partial charge on any atom is -0.496 e. The lowest BCUT2D eigenvalue weighted by Gasteiger charge is -2.19.